The van der Waals surface area contributed by atoms with Crippen LogP contribution in [0.3, 0.4) is 0 Å². The van der Waals surface area contributed by atoms with Crippen molar-refractivity contribution in [3.05, 3.63) is 30.6 Å². The van der Waals surface area contributed by atoms with Crippen molar-refractivity contribution in [3.63, 3.8) is 0 Å². The summed E-state index contributed by atoms with van der Waals surface area (Å²) in [5.74, 6) is 1.42. The summed E-state index contributed by atoms with van der Waals surface area (Å²) in [6, 6.07) is 7.04. The van der Waals surface area contributed by atoms with E-state index >= 15 is 0 Å². The van der Waals surface area contributed by atoms with Crippen molar-refractivity contribution in [1.29, 1.82) is 0 Å². The molecule has 33 heavy (non-hydrogen) atoms. The second-order valence-corrected chi connectivity index (χ2v) is 10.7. The molecule has 2 aromatic heterocycles. The highest BCUT2D eigenvalue weighted by atomic mass is 32.2. The van der Waals surface area contributed by atoms with Crippen LogP contribution in [-0.2, 0) is 16.6 Å². The zero-order chi connectivity index (χ0) is 23.4. The molecule has 1 fully saturated rings. The predicted molar refractivity (Wildman–Crippen MR) is 131 cm³/mol. The van der Waals surface area contributed by atoms with Crippen LogP contribution in [0.4, 0.5) is 17.5 Å². The number of nitrogens with zero attached hydrogens (tertiary/aromatic N) is 4. The standard InChI is InChI=1S/C23H33N7O2S/c1-4-30-15-24-20-21(28-23(29-22(20)30)27-17-8-6-5-7-9-17)26-18-10-12-19(13-11-18)33(31,32)25-14-16(2)3/h10-13,15-17,25H,4-9,14H2,1-3H3,(H2,26,27,28,29). The molecule has 1 aliphatic rings. The molecular formula is C23H33N7O2S. The molecule has 3 aromatic rings. The van der Waals surface area contributed by atoms with Gasteiger partial charge in [-0.05, 0) is 49.9 Å². The van der Waals surface area contributed by atoms with E-state index in [2.05, 4.69) is 27.3 Å². The first-order valence-corrected chi connectivity index (χ1v) is 13.2. The lowest BCUT2D eigenvalue weighted by molar-refractivity contribution is 0.461. The van der Waals surface area contributed by atoms with Crippen LogP contribution in [0.15, 0.2) is 35.5 Å². The van der Waals surface area contributed by atoms with E-state index in [9.17, 15) is 8.42 Å². The maximum Gasteiger partial charge on any atom is 0.240 e. The van der Waals surface area contributed by atoms with Crippen LogP contribution in [0.1, 0.15) is 52.9 Å². The average molecular weight is 472 g/mol. The van der Waals surface area contributed by atoms with Crippen molar-refractivity contribution >= 4 is 38.6 Å². The van der Waals surface area contributed by atoms with Gasteiger partial charge in [-0.15, -0.1) is 0 Å². The summed E-state index contributed by atoms with van der Waals surface area (Å²) >= 11 is 0. The van der Waals surface area contributed by atoms with E-state index in [1.54, 1.807) is 30.6 Å². The Bertz CT molecular complexity index is 1180. The topological polar surface area (TPSA) is 114 Å². The van der Waals surface area contributed by atoms with Gasteiger partial charge in [0.05, 0.1) is 11.2 Å². The monoisotopic (exact) mass is 471 g/mol. The van der Waals surface area contributed by atoms with Gasteiger partial charge in [-0.2, -0.15) is 9.97 Å². The third-order valence-electron chi connectivity index (χ3n) is 5.85. The van der Waals surface area contributed by atoms with Crippen LogP contribution >= 0.6 is 0 Å². The number of benzene rings is 1. The second kappa shape index (κ2) is 10.0. The van der Waals surface area contributed by atoms with Crippen LogP contribution in [0.2, 0.25) is 0 Å². The number of aromatic nitrogens is 4. The van der Waals surface area contributed by atoms with Crippen molar-refractivity contribution < 1.29 is 8.42 Å². The van der Waals surface area contributed by atoms with Crippen molar-refractivity contribution in [2.45, 2.75) is 70.4 Å². The van der Waals surface area contributed by atoms with Crippen molar-refractivity contribution in [3.8, 4) is 0 Å². The summed E-state index contributed by atoms with van der Waals surface area (Å²) in [5.41, 5.74) is 2.18. The van der Waals surface area contributed by atoms with E-state index in [-0.39, 0.29) is 10.8 Å². The maximum atomic E-state index is 12.5. The molecule has 0 atom stereocenters. The molecule has 178 valence electrons. The number of anilines is 3. The average Bonchev–Trinajstić information content (AvgIpc) is 3.22. The zero-order valence-corrected chi connectivity index (χ0v) is 20.3. The van der Waals surface area contributed by atoms with Gasteiger partial charge in [0.15, 0.2) is 17.0 Å². The van der Waals surface area contributed by atoms with Gasteiger partial charge in [-0.1, -0.05) is 33.1 Å². The highest BCUT2D eigenvalue weighted by Gasteiger charge is 2.18. The highest BCUT2D eigenvalue weighted by molar-refractivity contribution is 7.89. The number of hydrogen-bond acceptors (Lipinski definition) is 7. The van der Waals surface area contributed by atoms with Crippen molar-refractivity contribution in [1.82, 2.24) is 24.2 Å². The minimum absolute atomic E-state index is 0.233. The van der Waals surface area contributed by atoms with Crippen molar-refractivity contribution in [2.75, 3.05) is 17.2 Å². The molecule has 9 nitrogen and oxygen atoms in total. The van der Waals surface area contributed by atoms with Gasteiger partial charge in [0.1, 0.15) is 0 Å². The Kier molecular flexibility index (Phi) is 7.14. The number of fused-ring (bicyclic) bond motifs is 1. The predicted octanol–water partition coefficient (Wildman–Crippen LogP) is 4.27. The number of imidazole rings is 1. The fourth-order valence-corrected chi connectivity index (χ4v) is 5.18. The van der Waals surface area contributed by atoms with Gasteiger partial charge in [0, 0.05) is 24.8 Å². The fraction of sp³-hybridized carbons (Fsp3) is 0.522. The Morgan fingerprint density at radius 1 is 1.09 bits per heavy atom. The summed E-state index contributed by atoms with van der Waals surface area (Å²) < 4.78 is 29.6. The Morgan fingerprint density at radius 2 is 1.82 bits per heavy atom. The van der Waals surface area contributed by atoms with Crippen molar-refractivity contribution in [2.24, 2.45) is 5.92 Å². The summed E-state index contributed by atoms with van der Waals surface area (Å²) in [6.07, 6.45) is 7.74. The molecule has 0 saturated heterocycles. The van der Waals surface area contributed by atoms with E-state index in [0.29, 0.717) is 29.9 Å². The first-order chi connectivity index (χ1) is 15.9. The highest BCUT2D eigenvalue weighted by Crippen LogP contribution is 2.27. The molecule has 10 heteroatoms. The zero-order valence-electron chi connectivity index (χ0n) is 19.5. The summed E-state index contributed by atoms with van der Waals surface area (Å²) in [5, 5.41) is 6.81. The first-order valence-electron chi connectivity index (χ1n) is 11.7. The molecule has 0 aliphatic heterocycles. The van der Waals surface area contributed by atoms with Gasteiger partial charge in [0.25, 0.3) is 0 Å². The summed E-state index contributed by atoms with van der Waals surface area (Å²) in [6.45, 7) is 7.14. The van der Waals surface area contributed by atoms with Gasteiger partial charge in [-0.3, -0.25) is 0 Å². The van der Waals surface area contributed by atoms with Gasteiger partial charge >= 0.3 is 0 Å². The third-order valence-corrected chi connectivity index (χ3v) is 7.29. The normalized spacial score (nSPS) is 15.3. The molecule has 0 radical (unpaired) electrons. The fourth-order valence-electron chi connectivity index (χ4n) is 3.97. The molecule has 0 amide bonds. The molecule has 2 heterocycles. The summed E-state index contributed by atoms with van der Waals surface area (Å²) in [7, 11) is -3.53. The second-order valence-electron chi connectivity index (χ2n) is 8.97. The largest absolute Gasteiger partial charge is 0.351 e. The molecule has 1 saturated carbocycles. The molecule has 4 rings (SSSR count). The lowest BCUT2D eigenvalue weighted by Gasteiger charge is -2.23. The molecule has 0 bridgehead atoms. The van der Waals surface area contributed by atoms with Crippen LogP contribution in [0, 0.1) is 5.92 Å². The Balaban J connectivity index is 1.59. The van der Waals surface area contributed by atoms with Crippen LogP contribution in [0.25, 0.3) is 11.2 Å². The van der Waals surface area contributed by atoms with E-state index in [4.69, 9.17) is 9.97 Å². The van der Waals surface area contributed by atoms with E-state index in [1.807, 2.05) is 18.4 Å². The van der Waals surface area contributed by atoms with Crippen LogP contribution < -0.4 is 15.4 Å². The number of sulfonamides is 1. The quantitative estimate of drug-likeness (QED) is 0.427. The van der Waals surface area contributed by atoms with Crippen LogP contribution in [-0.4, -0.2) is 40.5 Å². The summed E-state index contributed by atoms with van der Waals surface area (Å²) in [4.78, 5) is 14.2. The minimum Gasteiger partial charge on any atom is -0.351 e. The molecule has 3 N–H and O–H groups in total. The Hall–Kier alpha value is -2.72. The van der Waals surface area contributed by atoms with Crippen LogP contribution in [0.5, 0.6) is 0 Å². The lowest BCUT2D eigenvalue weighted by atomic mass is 9.96. The van der Waals surface area contributed by atoms with Gasteiger partial charge in [0.2, 0.25) is 16.0 Å². The number of hydrogen-bond donors (Lipinski definition) is 3. The lowest BCUT2D eigenvalue weighted by Crippen LogP contribution is -2.27. The molecule has 1 aromatic carbocycles. The minimum atomic E-state index is -3.53. The van der Waals surface area contributed by atoms with E-state index < -0.39 is 10.0 Å². The number of nitrogens with one attached hydrogen (secondary N) is 3. The third kappa shape index (κ3) is 5.62. The van der Waals surface area contributed by atoms with Gasteiger partial charge in [-0.25, -0.2) is 18.1 Å². The Morgan fingerprint density at radius 3 is 2.48 bits per heavy atom. The number of rotatable bonds is 9. The van der Waals surface area contributed by atoms with E-state index in [0.717, 1.165) is 30.7 Å². The maximum absolute atomic E-state index is 12.5. The SMILES string of the molecule is CCn1cnc2c(Nc3ccc(S(=O)(=O)NCC(C)C)cc3)nc(NC3CCCCC3)nc21. The Labute approximate surface area is 195 Å². The smallest absolute Gasteiger partial charge is 0.240 e. The first kappa shape index (κ1) is 23.4. The molecule has 1 aliphatic carbocycles. The molecule has 0 unspecified atom stereocenters. The van der Waals surface area contributed by atoms with E-state index in [1.165, 1.54) is 19.3 Å². The molecule has 0 spiro atoms. The van der Waals surface area contributed by atoms with Gasteiger partial charge < -0.3 is 15.2 Å². The molecular weight excluding hydrogens is 438 g/mol. The number of aryl methyl sites for hydroxylation is 1.